The second kappa shape index (κ2) is 8.34. The minimum atomic E-state index is -1.85. The van der Waals surface area contributed by atoms with E-state index in [4.69, 9.17) is 14.6 Å². The van der Waals surface area contributed by atoms with Crippen molar-refractivity contribution in [2.24, 2.45) is 5.16 Å². The van der Waals surface area contributed by atoms with Crippen molar-refractivity contribution in [3.05, 3.63) is 62.9 Å². The molecule has 3 aromatic rings. The number of aliphatic hydroxyl groups is 1. The van der Waals surface area contributed by atoms with Crippen molar-refractivity contribution in [3.8, 4) is 11.4 Å². The molecule has 4 heterocycles. The highest BCUT2D eigenvalue weighted by atomic mass is 16.6. The molecule has 2 aromatic heterocycles. The number of fused-ring (bicyclic) bond motifs is 5. The van der Waals surface area contributed by atoms with Crippen molar-refractivity contribution in [1.82, 2.24) is 14.5 Å². The molecule has 1 N–H and O–H groups in total. The standard InChI is InChI=1S/C25H26N4O5/c1-4-25(32)19-11-21-22-17(13-29(21)23(30)18(19)14-33-24(25)31)16(12-26-34-10-9-28(2)3)15-7-5-6-8-20(15)27-22/h5-8,11-12,32H,4,9-10,13-14H2,1-3H3/b26-12+/t25-/m0/s1. The van der Waals surface area contributed by atoms with Crippen LogP contribution in [0.1, 0.15) is 35.6 Å². The van der Waals surface area contributed by atoms with Crippen LogP contribution in [0.3, 0.4) is 0 Å². The topological polar surface area (TPSA) is 106 Å². The number of likely N-dealkylation sites (N-methyl/N-ethyl adjacent to an activating group) is 1. The SMILES string of the molecule is CC[C@@]1(O)C(=O)OCc2c1cc1n(c2=O)Cc2c-1nc1ccccc1c2/C=N/OCCN(C)C. The maximum absolute atomic E-state index is 13.4. The van der Waals surface area contributed by atoms with Gasteiger partial charge in [0.1, 0.15) is 13.2 Å². The number of para-hydroxylation sites is 1. The Kier molecular flexibility index (Phi) is 5.45. The van der Waals surface area contributed by atoms with Crippen LogP contribution in [-0.2, 0) is 33.1 Å². The smallest absolute Gasteiger partial charge is 0.343 e. The maximum atomic E-state index is 13.4. The molecule has 5 rings (SSSR count). The zero-order valence-electron chi connectivity index (χ0n) is 19.4. The molecule has 0 amide bonds. The second-order valence-electron chi connectivity index (χ2n) is 8.84. The van der Waals surface area contributed by atoms with Crippen LogP contribution in [0.25, 0.3) is 22.3 Å². The predicted molar refractivity (Wildman–Crippen MR) is 127 cm³/mol. The van der Waals surface area contributed by atoms with Crippen molar-refractivity contribution < 1.29 is 19.5 Å². The summed E-state index contributed by atoms with van der Waals surface area (Å²) in [6, 6.07) is 9.40. The van der Waals surface area contributed by atoms with E-state index in [9.17, 15) is 14.7 Å². The lowest BCUT2D eigenvalue weighted by atomic mass is 9.86. The summed E-state index contributed by atoms with van der Waals surface area (Å²) in [5.74, 6) is -0.737. The first-order valence-electron chi connectivity index (χ1n) is 11.2. The van der Waals surface area contributed by atoms with E-state index in [-0.39, 0.29) is 18.6 Å². The number of oxime groups is 1. The van der Waals surface area contributed by atoms with Gasteiger partial charge in [0.2, 0.25) is 0 Å². The number of hydrogen-bond donors (Lipinski definition) is 1. The van der Waals surface area contributed by atoms with Gasteiger partial charge < -0.3 is 24.1 Å². The number of ether oxygens (including phenoxy) is 1. The van der Waals surface area contributed by atoms with Gasteiger partial charge in [0.15, 0.2) is 5.60 Å². The predicted octanol–water partition coefficient (Wildman–Crippen LogP) is 1.99. The van der Waals surface area contributed by atoms with E-state index in [1.54, 1.807) is 23.8 Å². The summed E-state index contributed by atoms with van der Waals surface area (Å²) in [4.78, 5) is 38.1. The summed E-state index contributed by atoms with van der Waals surface area (Å²) in [7, 11) is 3.92. The lowest BCUT2D eigenvalue weighted by Gasteiger charge is -2.31. The molecule has 176 valence electrons. The first kappa shape index (κ1) is 22.2. The fourth-order valence-corrected chi connectivity index (χ4v) is 4.57. The molecule has 0 bridgehead atoms. The molecule has 2 aliphatic heterocycles. The molecule has 0 saturated heterocycles. The Morgan fingerprint density at radius 2 is 2.09 bits per heavy atom. The summed E-state index contributed by atoms with van der Waals surface area (Å²) < 4.78 is 6.77. The Labute approximate surface area is 196 Å². The molecule has 0 saturated carbocycles. The van der Waals surface area contributed by atoms with Gasteiger partial charge in [0, 0.05) is 28.6 Å². The number of rotatable bonds is 6. The maximum Gasteiger partial charge on any atom is 0.343 e. The Balaban J connectivity index is 1.67. The average Bonchev–Trinajstić information content (AvgIpc) is 3.19. The molecule has 0 fully saturated rings. The third-order valence-electron chi connectivity index (χ3n) is 6.53. The van der Waals surface area contributed by atoms with Gasteiger partial charge in [-0.05, 0) is 32.6 Å². The summed E-state index contributed by atoms with van der Waals surface area (Å²) >= 11 is 0. The zero-order valence-corrected chi connectivity index (χ0v) is 19.4. The molecule has 2 aliphatic rings. The van der Waals surface area contributed by atoms with Crippen LogP contribution >= 0.6 is 0 Å². The number of carbonyl (C=O) groups excluding carboxylic acids is 1. The van der Waals surface area contributed by atoms with Gasteiger partial charge in [-0.15, -0.1) is 0 Å². The van der Waals surface area contributed by atoms with Gasteiger partial charge >= 0.3 is 5.97 Å². The minimum absolute atomic E-state index is 0.0991. The second-order valence-corrected chi connectivity index (χ2v) is 8.84. The Hall–Kier alpha value is -3.56. The number of aromatic nitrogens is 2. The van der Waals surface area contributed by atoms with Crippen molar-refractivity contribution in [2.75, 3.05) is 27.2 Å². The normalized spacial score (nSPS) is 18.8. The number of esters is 1. The number of carbonyl (C=O) groups is 1. The number of benzene rings is 1. The van der Waals surface area contributed by atoms with Crippen LogP contribution in [0, 0.1) is 0 Å². The number of nitrogens with zero attached hydrogens (tertiary/aromatic N) is 4. The Morgan fingerprint density at radius 3 is 2.85 bits per heavy atom. The summed E-state index contributed by atoms with van der Waals surface area (Å²) in [5, 5.41) is 16.1. The Morgan fingerprint density at radius 1 is 1.29 bits per heavy atom. The van der Waals surface area contributed by atoms with Gasteiger partial charge in [0.25, 0.3) is 5.56 Å². The van der Waals surface area contributed by atoms with Gasteiger partial charge in [-0.3, -0.25) is 4.79 Å². The molecule has 9 nitrogen and oxygen atoms in total. The fourth-order valence-electron chi connectivity index (χ4n) is 4.57. The largest absolute Gasteiger partial charge is 0.458 e. The lowest BCUT2D eigenvalue weighted by Crippen LogP contribution is -2.44. The van der Waals surface area contributed by atoms with E-state index in [1.807, 2.05) is 43.3 Å². The van der Waals surface area contributed by atoms with Crippen LogP contribution in [0.2, 0.25) is 0 Å². The highest BCUT2D eigenvalue weighted by Gasteiger charge is 2.45. The molecule has 0 spiro atoms. The number of cyclic esters (lactones) is 1. The van der Waals surface area contributed by atoms with Crippen molar-refractivity contribution in [2.45, 2.75) is 32.1 Å². The minimum Gasteiger partial charge on any atom is -0.458 e. The molecule has 1 atom stereocenters. The van der Waals surface area contributed by atoms with Crippen LogP contribution in [0.4, 0.5) is 0 Å². The number of hydrogen-bond acceptors (Lipinski definition) is 8. The van der Waals surface area contributed by atoms with Crippen LogP contribution in [-0.4, -0.2) is 59.0 Å². The molecule has 9 heteroatoms. The van der Waals surface area contributed by atoms with Crippen LogP contribution < -0.4 is 5.56 Å². The van der Waals surface area contributed by atoms with E-state index in [1.165, 1.54) is 0 Å². The summed E-state index contributed by atoms with van der Waals surface area (Å²) in [5.41, 5.74) is 2.06. The summed E-state index contributed by atoms with van der Waals surface area (Å²) in [6.07, 6.45) is 1.77. The molecule has 0 radical (unpaired) electrons. The van der Waals surface area contributed by atoms with Crippen LogP contribution in [0.15, 0.2) is 40.3 Å². The molecular weight excluding hydrogens is 436 g/mol. The third kappa shape index (κ3) is 3.39. The first-order valence-corrected chi connectivity index (χ1v) is 11.2. The lowest BCUT2D eigenvalue weighted by molar-refractivity contribution is -0.172. The third-order valence-corrected chi connectivity index (χ3v) is 6.53. The highest BCUT2D eigenvalue weighted by Crippen LogP contribution is 2.39. The fraction of sp³-hybridized carbons (Fsp3) is 0.360. The van der Waals surface area contributed by atoms with Gasteiger partial charge in [0.05, 0.1) is 35.2 Å². The van der Waals surface area contributed by atoms with Gasteiger partial charge in [-0.2, -0.15) is 0 Å². The van der Waals surface area contributed by atoms with Gasteiger partial charge in [-0.25, -0.2) is 9.78 Å². The van der Waals surface area contributed by atoms with Crippen molar-refractivity contribution >= 4 is 23.1 Å². The van der Waals surface area contributed by atoms with Crippen molar-refractivity contribution in [1.29, 1.82) is 0 Å². The zero-order chi connectivity index (χ0) is 24.0. The quantitative estimate of drug-likeness (QED) is 0.202. The molecular formula is C25H26N4O5. The van der Waals surface area contributed by atoms with Gasteiger partial charge in [-0.1, -0.05) is 30.3 Å². The van der Waals surface area contributed by atoms with Crippen molar-refractivity contribution in [3.63, 3.8) is 0 Å². The van der Waals surface area contributed by atoms with E-state index < -0.39 is 11.6 Å². The monoisotopic (exact) mass is 462 g/mol. The van der Waals surface area contributed by atoms with E-state index in [0.717, 1.165) is 28.6 Å². The number of pyridine rings is 2. The average molecular weight is 463 g/mol. The molecule has 0 aliphatic carbocycles. The summed E-state index contributed by atoms with van der Waals surface area (Å²) in [6.45, 7) is 3.01. The highest BCUT2D eigenvalue weighted by molar-refractivity contribution is 6.02. The molecule has 34 heavy (non-hydrogen) atoms. The van der Waals surface area contributed by atoms with E-state index >= 15 is 0 Å². The molecule has 0 unspecified atom stereocenters. The Bertz CT molecular complexity index is 1390. The van der Waals surface area contributed by atoms with Crippen LogP contribution in [0.5, 0.6) is 0 Å². The van der Waals surface area contributed by atoms with E-state index in [0.29, 0.717) is 35.7 Å². The first-order chi connectivity index (χ1) is 16.3. The molecule has 1 aromatic carbocycles. The van der Waals surface area contributed by atoms with E-state index in [2.05, 4.69) is 5.16 Å².